The van der Waals surface area contributed by atoms with Gasteiger partial charge in [-0.05, 0) is 31.2 Å². The van der Waals surface area contributed by atoms with E-state index in [0.29, 0.717) is 17.3 Å². The van der Waals surface area contributed by atoms with Crippen molar-refractivity contribution in [1.82, 2.24) is 14.6 Å². The van der Waals surface area contributed by atoms with Gasteiger partial charge in [-0.1, -0.05) is 11.6 Å². The number of nitrogens with one attached hydrogen (secondary N) is 3. The second kappa shape index (κ2) is 6.65. The number of rotatable bonds is 5. The summed E-state index contributed by atoms with van der Waals surface area (Å²) in [6.07, 6.45) is 3.75. The number of sulfonamides is 1. The fourth-order valence-electron chi connectivity index (χ4n) is 3.03. The fourth-order valence-corrected chi connectivity index (χ4v) is 3.87. The van der Waals surface area contributed by atoms with Crippen molar-refractivity contribution in [1.29, 1.82) is 0 Å². The highest BCUT2D eigenvalue weighted by molar-refractivity contribution is 7.89. The summed E-state index contributed by atoms with van der Waals surface area (Å²) in [6, 6.07) is 5.76. The van der Waals surface area contributed by atoms with E-state index in [1.165, 1.54) is 0 Å². The molecular formula is C17H21ClN4O2S. The van der Waals surface area contributed by atoms with Gasteiger partial charge in [0, 0.05) is 42.0 Å². The number of anilines is 1. The van der Waals surface area contributed by atoms with Crippen molar-refractivity contribution in [2.24, 2.45) is 7.05 Å². The van der Waals surface area contributed by atoms with Crippen LogP contribution in [0.15, 0.2) is 36.2 Å². The number of dihydropyridines is 1. The molecule has 0 amide bonds. The van der Waals surface area contributed by atoms with Crippen molar-refractivity contribution in [3.8, 4) is 0 Å². The monoisotopic (exact) mass is 380 g/mol. The lowest BCUT2D eigenvalue weighted by Crippen LogP contribution is -2.31. The van der Waals surface area contributed by atoms with Gasteiger partial charge in [0.1, 0.15) is 0 Å². The maximum Gasteiger partial charge on any atom is 0.232 e. The highest BCUT2D eigenvalue weighted by Crippen LogP contribution is 2.36. The number of benzene rings is 1. The molecule has 1 aliphatic rings. The van der Waals surface area contributed by atoms with E-state index in [1.807, 2.05) is 49.1 Å². The third-order valence-electron chi connectivity index (χ3n) is 4.23. The van der Waals surface area contributed by atoms with Gasteiger partial charge in [-0.2, -0.15) is 0 Å². The topological polar surface area (TPSA) is 75.2 Å². The maximum atomic E-state index is 11.8. The van der Waals surface area contributed by atoms with Gasteiger partial charge in [0.15, 0.2) is 0 Å². The molecule has 25 heavy (non-hydrogen) atoms. The summed E-state index contributed by atoms with van der Waals surface area (Å²) in [5.74, 6) is 0.0394. The van der Waals surface area contributed by atoms with Gasteiger partial charge in [0.05, 0.1) is 29.2 Å². The minimum atomic E-state index is -3.31. The fraction of sp³-hybridized carbons (Fsp3) is 0.294. The SMILES string of the molecule is CCS(=O)(=O)NC1=CC(c2c(NC)c3ccc(Cl)cc3n2C)=CNC1. The number of fused-ring (bicyclic) bond motifs is 1. The van der Waals surface area contributed by atoms with Crippen molar-refractivity contribution >= 4 is 43.8 Å². The van der Waals surface area contributed by atoms with Crippen LogP contribution in [-0.2, 0) is 17.1 Å². The van der Waals surface area contributed by atoms with Crippen LogP contribution in [0.3, 0.4) is 0 Å². The van der Waals surface area contributed by atoms with Gasteiger partial charge >= 0.3 is 0 Å². The number of hydrogen-bond donors (Lipinski definition) is 3. The maximum absolute atomic E-state index is 11.8. The summed E-state index contributed by atoms with van der Waals surface area (Å²) in [7, 11) is 0.529. The van der Waals surface area contributed by atoms with Crippen molar-refractivity contribution in [2.45, 2.75) is 6.92 Å². The average Bonchev–Trinajstić information content (AvgIpc) is 2.86. The summed E-state index contributed by atoms with van der Waals surface area (Å²) in [5, 5.41) is 8.12. The Morgan fingerprint density at radius 2 is 2.12 bits per heavy atom. The predicted octanol–water partition coefficient (Wildman–Crippen LogP) is 2.64. The minimum absolute atomic E-state index is 0.0394. The number of hydrogen-bond acceptors (Lipinski definition) is 4. The summed E-state index contributed by atoms with van der Waals surface area (Å²) in [5.41, 5.74) is 4.43. The van der Waals surface area contributed by atoms with E-state index in [4.69, 9.17) is 11.6 Å². The quantitative estimate of drug-likeness (QED) is 0.745. The van der Waals surface area contributed by atoms with Gasteiger partial charge in [-0.25, -0.2) is 8.42 Å². The zero-order chi connectivity index (χ0) is 18.2. The molecule has 0 unspecified atom stereocenters. The van der Waals surface area contributed by atoms with Crippen LogP contribution in [0.1, 0.15) is 12.6 Å². The molecule has 0 saturated heterocycles. The largest absolute Gasteiger partial charge is 0.386 e. The number of halogens is 1. The summed E-state index contributed by atoms with van der Waals surface area (Å²) in [4.78, 5) is 0. The molecule has 0 fully saturated rings. The molecule has 0 aliphatic carbocycles. The zero-order valence-corrected chi connectivity index (χ0v) is 15.9. The molecule has 0 spiro atoms. The van der Waals surface area contributed by atoms with E-state index in [9.17, 15) is 8.42 Å². The highest BCUT2D eigenvalue weighted by Gasteiger charge is 2.20. The van der Waals surface area contributed by atoms with Crippen LogP contribution < -0.4 is 15.4 Å². The Balaban J connectivity index is 2.11. The van der Waals surface area contributed by atoms with Crippen molar-refractivity contribution in [2.75, 3.05) is 24.7 Å². The Bertz CT molecular complexity index is 990. The van der Waals surface area contributed by atoms with E-state index in [0.717, 1.165) is 27.9 Å². The lowest BCUT2D eigenvalue weighted by atomic mass is 10.1. The first-order valence-corrected chi connectivity index (χ1v) is 10.00. The molecule has 2 aromatic rings. The third-order valence-corrected chi connectivity index (χ3v) is 5.80. The predicted molar refractivity (Wildman–Crippen MR) is 104 cm³/mol. The van der Waals surface area contributed by atoms with Crippen molar-refractivity contribution in [3.63, 3.8) is 0 Å². The Labute approximate surface area is 152 Å². The van der Waals surface area contributed by atoms with Crippen LogP contribution in [0, 0.1) is 0 Å². The molecule has 1 aliphatic heterocycles. The highest BCUT2D eigenvalue weighted by atomic mass is 35.5. The minimum Gasteiger partial charge on any atom is -0.386 e. The van der Waals surface area contributed by atoms with E-state index < -0.39 is 10.0 Å². The van der Waals surface area contributed by atoms with Crippen LogP contribution in [0.5, 0.6) is 0 Å². The Morgan fingerprint density at radius 1 is 1.36 bits per heavy atom. The molecular weight excluding hydrogens is 360 g/mol. The number of nitrogens with zero attached hydrogens (tertiary/aromatic N) is 1. The molecule has 2 heterocycles. The molecule has 8 heteroatoms. The molecule has 3 rings (SSSR count). The van der Waals surface area contributed by atoms with Gasteiger partial charge in [0.2, 0.25) is 10.0 Å². The van der Waals surface area contributed by atoms with Gasteiger partial charge in [-0.3, -0.25) is 4.72 Å². The molecule has 1 aromatic carbocycles. The Kier molecular flexibility index (Phi) is 4.71. The molecule has 6 nitrogen and oxygen atoms in total. The lowest BCUT2D eigenvalue weighted by molar-refractivity contribution is 0.588. The van der Waals surface area contributed by atoms with E-state index in [1.54, 1.807) is 6.92 Å². The molecule has 0 bridgehead atoms. The van der Waals surface area contributed by atoms with Crippen LogP contribution >= 0.6 is 11.6 Å². The van der Waals surface area contributed by atoms with Gasteiger partial charge < -0.3 is 15.2 Å². The van der Waals surface area contributed by atoms with Crippen LogP contribution in [0.4, 0.5) is 5.69 Å². The zero-order valence-electron chi connectivity index (χ0n) is 14.4. The second-order valence-electron chi connectivity index (χ2n) is 5.85. The number of aryl methyl sites for hydroxylation is 1. The molecule has 0 atom stereocenters. The lowest BCUT2D eigenvalue weighted by Gasteiger charge is -2.18. The average molecular weight is 381 g/mol. The first kappa shape index (κ1) is 17.7. The van der Waals surface area contributed by atoms with Crippen LogP contribution in [0.25, 0.3) is 16.5 Å². The molecule has 0 radical (unpaired) electrons. The van der Waals surface area contributed by atoms with Crippen molar-refractivity contribution < 1.29 is 8.42 Å². The Hall–Kier alpha value is -2.12. The normalized spacial score (nSPS) is 14.7. The second-order valence-corrected chi connectivity index (χ2v) is 8.30. The smallest absolute Gasteiger partial charge is 0.232 e. The number of allylic oxidation sites excluding steroid dienone is 2. The standard InChI is InChI=1S/C17H21ClN4O2S/c1-4-25(23,24)21-13-7-11(9-20-10-13)17-16(19-2)14-6-5-12(18)8-15(14)22(17)3/h5-9,19-21H,4,10H2,1-3H3. The first-order chi connectivity index (χ1) is 11.9. The third kappa shape index (κ3) is 3.34. The summed E-state index contributed by atoms with van der Waals surface area (Å²) in [6.45, 7) is 2.05. The van der Waals surface area contributed by atoms with E-state index in [-0.39, 0.29) is 5.75 Å². The Morgan fingerprint density at radius 3 is 2.80 bits per heavy atom. The first-order valence-electron chi connectivity index (χ1n) is 7.97. The van der Waals surface area contributed by atoms with Crippen molar-refractivity contribution in [3.05, 3.63) is 46.9 Å². The van der Waals surface area contributed by atoms with Crippen LogP contribution in [0.2, 0.25) is 5.02 Å². The van der Waals surface area contributed by atoms with E-state index in [2.05, 4.69) is 15.4 Å². The summed E-state index contributed by atoms with van der Waals surface area (Å²) >= 11 is 6.14. The number of aromatic nitrogens is 1. The van der Waals surface area contributed by atoms with Crippen LogP contribution in [-0.4, -0.2) is 32.3 Å². The van der Waals surface area contributed by atoms with Gasteiger partial charge in [-0.15, -0.1) is 0 Å². The van der Waals surface area contributed by atoms with E-state index >= 15 is 0 Å². The summed E-state index contributed by atoms with van der Waals surface area (Å²) < 4.78 is 28.4. The molecule has 134 valence electrons. The molecule has 1 aromatic heterocycles. The van der Waals surface area contributed by atoms with Gasteiger partial charge in [0.25, 0.3) is 0 Å². The molecule has 3 N–H and O–H groups in total. The molecule has 0 saturated carbocycles.